The summed E-state index contributed by atoms with van der Waals surface area (Å²) < 4.78 is 11.2. The number of hydrogen-bond acceptors (Lipinski definition) is 5. The van der Waals surface area contributed by atoms with Crippen LogP contribution in [-0.4, -0.2) is 12.6 Å². The van der Waals surface area contributed by atoms with E-state index in [0.29, 0.717) is 29.3 Å². The van der Waals surface area contributed by atoms with Crippen molar-refractivity contribution >= 4 is 17.3 Å². The van der Waals surface area contributed by atoms with Crippen LogP contribution in [0.5, 0.6) is 11.5 Å². The lowest BCUT2D eigenvalue weighted by molar-refractivity contribution is 0.0734. The molecule has 36 heavy (non-hydrogen) atoms. The highest BCUT2D eigenvalue weighted by atomic mass is 16.5. The van der Waals surface area contributed by atoms with E-state index in [4.69, 9.17) is 20.9 Å². The Bertz CT molecular complexity index is 831. The van der Waals surface area contributed by atoms with Gasteiger partial charge in [-0.1, -0.05) is 103 Å². The van der Waals surface area contributed by atoms with E-state index in [2.05, 4.69) is 6.92 Å². The number of ether oxygens (including phenoxy) is 2. The van der Waals surface area contributed by atoms with Gasteiger partial charge in [0, 0.05) is 11.4 Å². The molecule has 5 nitrogen and oxygen atoms in total. The van der Waals surface area contributed by atoms with Gasteiger partial charge >= 0.3 is 5.97 Å². The molecule has 0 amide bonds. The fourth-order valence-electron chi connectivity index (χ4n) is 4.40. The number of carbonyl (C=O) groups excluding carboxylic acids is 1. The van der Waals surface area contributed by atoms with E-state index in [-0.39, 0.29) is 0 Å². The molecule has 0 aliphatic heterocycles. The summed E-state index contributed by atoms with van der Waals surface area (Å²) >= 11 is 0. The largest absolute Gasteiger partial charge is 0.494 e. The molecule has 0 saturated heterocycles. The highest BCUT2D eigenvalue weighted by Gasteiger charge is 2.10. The number of hydrogen-bond donors (Lipinski definition) is 2. The van der Waals surface area contributed by atoms with Crippen molar-refractivity contribution in [3.63, 3.8) is 0 Å². The van der Waals surface area contributed by atoms with Gasteiger partial charge < -0.3 is 20.9 Å². The number of rotatable bonds is 20. The molecule has 5 heteroatoms. The SMILES string of the molecule is CCCCCCCCCCCCCCCCCCOc1ccc(OC(=O)c2cc(N)cc(N)c2)cc1. The standard InChI is InChI=1S/C31H48N2O3/c1-2-3-4-5-6-7-8-9-10-11-12-13-14-15-16-17-22-35-29-18-20-30(21-19-29)36-31(34)26-23-27(32)25-28(33)24-26/h18-21,23-25H,2-17,22,32-33H2,1H3. The maximum atomic E-state index is 12.3. The minimum Gasteiger partial charge on any atom is -0.494 e. The predicted octanol–water partition coefficient (Wildman–Crippen LogP) is 8.71. The van der Waals surface area contributed by atoms with Gasteiger partial charge in [-0.05, 0) is 48.9 Å². The molecule has 200 valence electrons. The van der Waals surface area contributed by atoms with E-state index in [1.807, 2.05) is 12.1 Å². The summed E-state index contributed by atoms with van der Waals surface area (Å²) in [6.45, 7) is 2.99. The van der Waals surface area contributed by atoms with E-state index in [9.17, 15) is 4.79 Å². The quantitative estimate of drug-likeness (QED) is 0.0828. The van der Waals surface area contributed by atoms with Gasteiger partial charge in [0.15, 0.2) is 0 Å². The number of esters is 1. The number of unbranched alkanes of at least 4 members (excludes halogenated alkanes) is 15. The summed E-state index contributed by atoms with van der Waals surface area (Å²) in [7, 11) is 0. The molecular weight excluding hydrogens is 448 g/mol. The number of nitrogen functional groups attached to an aromatic ring is 2. The molecule has 4 N–H and O–H groups in total. The van der Waals surface area contributed by atoms with E-state index in [1.54, 1.807) is 30.3 Å². The normalized spacial score (nSPS) is 10.9. The molecule has 0 aliphatic rings. The first kappa shape index (κ1) is 29.5. The average Bonchev–Trinajstić information content (AvgIpc) is 2.86. The first-order chi connectivity index (χ1) is 17.6. The van der Waals surface area contributed by atoms with Gasteiger partial charge in [0.1, 0.15) is 11.5 Å². The summed E-state index contributed by atoms with van der Waals surface area (Å²) in [5.41, 5.74) is 12.7. The topological polar surface area (TPSA) is 87.6 Å². The van der Waals surface area contributed by atoms with Crippen LogP contribution in [0.3, 0.4) is 0 Å². The van der Waals surface area contributed by atoms with Crippen LogP contribution in [-0.2, 0) is 0 Å². The zero-order chi connectivity index (χ0) is 25.8. The summed E-state index contributed by atoms with van der Waals surface area (Å²) in [6.07, 6.45) is 21.8. The van der Waals surface area contributed by atoms with Gasteiger partial charge in [-0.25, -0.2) is 4.79 Å². The van der Waals surface area contributed by atoms with E-state index >= 15 is 0 Å². The predicted molar refractivity (Wildman–Crippen MR) is 152 cm³/mol. The molecule has 2 rings (SSSR count). The van der Waals surface area contributed by atoms with Gasteiger partial charge in [-0.3, -0.25) is 0 Å². The molecule has 0 atom stereocenters. The van der Waals surface area contributed by atoms with Crippen LogP contribution in [0.25, 0.3) is 0 Å². The number of nitrogens with two attached hydrogens (primary N) is 2. The van der Waals surface area contributed by atoms with E-state index in [0.717, 1.165) is 12.2 Å². The third-order valence-electron chi connectivity index (χ3n) is 6.51. The molecule has 0 fully saturated rings. The van der Waals surface area contributed by atoms with Crippen molar-refractivity contribution in [1.29, 1.82) is 0 Å². The van der Waals surface area contributed by atoms with Gasteiger partial charge in [0.25, 0.3) is 0 Å². The first-order valence-corrected chi connectivity index (χ1v) is 14.2. The molecule has 0 bridgehead atoms. The number of carbonyl (C=O) groups is 1. The molecule has 0 saturated carbocycles. The zero-order valence-electron chi connectivity index (χ0n) is 22.4. The number of anilines is 2. The van der Waals surface area contributed by atoms with E-state index in [1.165, 1.54) is 96.3 Å². The molecule has 0 spiro atoms. The summed E-state index contributed by atoms with van der Waals surface area (Å²) in [4.78, 5) is 12.3. The van der Waals surface area contributed by atoms with Crippen LogP contribution in [0.2, 0.25) is 0 Å². The Morgan fingerprint density at radius 2 is 1.03 bits per heavy atom. The van der Waals surface area contributed by atoms with Crippen molar-refractivity contribution in [2.24, 2.45) is 0 Å². The minimum atomic E-state index is -0.490. The third-order valence-corrected chi connectivity index (χ3v) is 6.51. The zero-order valence-corrected chi connectivity index (χ0v) is 22.4. The van der Waals surface area contributed by atoms with Gasteiger partial charge in [0.2, 0.25) is 0 Å². The molecular formula is C31H48N2O3. The second-order valence-electron chi connectivity index (χ2n) is 9.90. The Kier molecular flexibility index (Phi) is 15.2. The Morgan fingerprint density at radius 3 is 1.50 bits per heavy atom. The Morgan fingerprint density at radius 1 is 0.611 bits per heavy atom. The molecule has 0 radical (unpaired) electrons. The lowest BCUT2D eigenvalue weighted by atomic mass is 10.0. The molecule has 2 aromatic rings. The lowest BCUT2D eigenvalue weighted by Gasteiger charge is -2.09. The highest BCUT2D eigenvalue weighted by molar-refractivity contribution is 5.93. The van der Waals surface area contributed by atoms with Gasteiger partial charge in [-0.15, -0.1) is 0 Å². The molecule has 2 aromatic carbocycles. The van der Waals surface area contributed by atoms with E-state index < -0.39 is 5.97 Å². The Hall–Kier alpha value is -2.69. The summed E-state index contributed by atoms with van der Waals surface area (Å²) in [5.74, 6) is 0.746. The molecule has 0 unspecified atom stereocenters. The van der Waals surface area contributed by atoms with Crippen LogP contribution in [0.4, 0.5) is 11.4 Å². The van der Waals surface area contributed by atoms with Crippen LogP contribution in [0, 0.1) is 0 Å². The first-order valence-electron chi connectivity index (χ1n) is 14.2. The van der Waals surface area contributed by atoms with Crippen LogP contribution in [0.1, 0.15) is 120 Å². The molecule has 0 heterocycles. The van der Waals surface area contributed by atoms with Gasteiger partial charge in [-0.2, -0.15) is 0 Å². The fourth-order valence-corrected chi connectivity index (χ4v) is 4.40. The van der Waals surface area contributed by atoms with Crippen LogP contribution < -0.4 is 20.9 Å². The monoisotopic (exact) mass is 496 g/mol. The number of benzene rings is 2. The second-order valence-corrected chi connectivity index (χ2v) is 9.90. The smallest absolute Gasteiger partial charge is 0.343 e. The molecule has 0 aliphatic carbocycles. The Balaban J connectivity index is 1.43. The van der Waals surface area contributed by atoms with Crippen LogP contribution >= 0.6 is 0 Å². The van der Waals surface area contributed by atoms with Gasteiger partial charge in [0.05, 0.1) is 12.2 Å². The second kappa shape index (κ2) is 18.6. The maximum Gasteiger partial charge on any atom is 0.343 e. The summed E-state index contributed by atoms with van der Waals surface area (Å²) in [5, 5.41) is 0. The van der Waals surface area contributed by atoms with Crippen molar-refractivity contribution in [3.8, 4) is 11.5 Å². The summed E-state index contributed by atoms with van der Waals surface area (Å²) in [6, 6.07) is 11.8. The van der Waals surface area contributed by atoms with Crippen molar-refractivity contribution < 1.29 is 14.3 Å². The Labute approximate surface area is 218 Å². The highest BCUT2D eigenvalue weighted by Crippen LogP contribution is 2.21. The van der Waals surface area contributed by atoms with Crippen molar-refractivity contribution in [3.05, 3.63) is 48.0 Å². The maximum absolute atomic E-state index is 12.3. The fraction of sp³-hybridized carbons (Fsp3) is 0.581. The third kappa shape index (κ3) is 13.4. The minimum absolute atomic E-state index is 0.330. The molecule has 0 aromatic heterocycles. The van der Waals surface area contributed by atoms with Crippen molar-refractivity contribution in [1.82, 2.24) is 0 Å². The average molecular weight is 497 g/mol. The lowest BCUT2D eigenvalue weighted by Crippen LogP contribution is -2.09. The van der Waals surface area contributed by atoms with Crippen molar-refractivity contribution in [2.75, 3.05) is 18.1 Å². The van der Waals surface area contributed by atoms with Crippen molar-refractivity contribution in [2.45, 2.75) is 110 Å². The van der Waals surface area contributed by atoms with Crippen LogP contribution in [0.15, 0.2) is 42.5 Å².